The molecule has 0 amide bonds. The molecule has 3 rings (SSSR count). The summed E-state index contributed by atoms with van der Waals surface area (Å²) in [5.41, 5.74) is 1.90. The van der Waals surface area contributed by atoms with Crippen LogP contribution in [0.1, 0.15) is 0 Å². The lowest BCUT2D eigenvalue weighted by molar-refractivity contribution is 0.944. The second-order valence-electron chi connectivity index (χ2n) is 3.99. The molecule has 1 N–H and O–H groups in total. The summed E-state index contributed by atoms with van der Waals surface area (Å²) in [7, 11) is 1.97. The Morgan fingerprint density at radius 1 is 1.17 bits per heavy atom. The molecule has 0 spiro atoms. The van der Waals surface area contributed by atoms with E-state index >= 15 is 0 Å². The van der Waals surface area contributed by atoms with E-state index in [-0.39, 0.29) is 0 Å². The van der Waals surface area contributed by atoms with E-state index in [0.717, 1.165) is 27.0 Å². The van der Waals surface area contributed by atoms with Crippen molar-refractivity contribution < 1.29 is 0 Å². The molecule has 18 heavy (non-hydrogen) atoms. The first-order chi connectivity index (χ1) is 8.75. The van der Waals surface area contributed by atoms with Crippen molar-refractivity contribution in [1.29, 1.82) is 0 Å². The Labute approximate surface area is 113 Å². The smallest absolute Gasteiger partial charge is 0.145 e. The molecular formula is C13H11BrN4. The quantitative estimate of drug-likeness (QED) is 0.788. The third-order valence-electron chi connectivity index (χ3n) is 2.79. The van der Waals surface area contributed by atoms with Crippen molar-refractivity contribution in [2.75, 3.05) is 5.32 Å². The molecule has 2 heterocycles. The minimum absolute atomic E-state index is 0.813. The van der Waals surface area contributed by atoms with Gasteiger partial charge < -0.3 is 9.88 Å². The Morgan fingerprint density at radius 3 is 2.83 bits per heavy atom. The molecule has 0 aliphatic heterocycles. The highest BCUT2D eigenvalue weighted by Crippen LogP contribution is 2.27. The first-order valence-electron chi connectivity index (χ1n) is 5.53. The molecule has 2 aromatic heterocycles. The van der Waals surface area contributed by atoms with Gasteiger partial charge in [0.05, 0.1) is 11.1 Å². The van der Waals surface area contributed by atoms with E-state index in [2.05, 4.69) is 31.2 Å². The standard InChI is InChI=1S/C13H11BrN4/c1-18-7-6-9-12(15-8-16-13(9)18)17-11-5-3-2-4-10(11)14/h2-8H,1H3,(H,15,16,17). The molecule has 0 saturated heterocycles. The van der Waals surface area contributed by atoms with Crippen LogP contribution in [0.2, 0.25) is 0 Å². The number of para-hydroxylation sites is 1. The van der Waals surface area contributed by atoms with E-state index in [1.165, 1.54) is 0 Å². The van der Waals surface area contributed by atoms with Crippen LogP contribution in [0.25, 0.3) is 11.0 Å². The molecular weight excluding hydrogens is 292 g/mol. The van der Waals surface area contributed by atoms with E-state index in [1.807, 2.05) is 48.1 Å². The van der Waals surface area contributed by atoms with Crippen molar-refractivity contribution in [2.24, 2.45) is 7.05 Å². The summed E-state index contributed by atoms with van der Waals surface area (Å²) in [6.07, 6.45) is 3.55. The summed E-state index contributed by atoms with van der Waals surface area (Å²) < 4.78 is 2.98. The van der Waals surface area contributed by atoms with Crippen LogP contribution in [-0.2, 0) is 7.05 Å². The van der Waals surface area contributed by atoms with Crippen LogP contribution < -0.4 is 5.32 Å². The largest absolute Gasteiger partial charge is 0.339 e. The van der Waals surface area contributed by atoms with E-state index in [4.69, 9.17) is 0 Å². The topological polar surface area (TPSA) is 42.7 Å². The van der Waals surface area contributed by atoms with Crippen molar-refractivity contribution in [2.45, 2.75) is 0 Å². The number of nitrogens with one attached hydrogen (secondary N) is 1. The Balaban J connectivity index is 2.08. The molecule has 0 saturated carbocycles. The average Bonchev–Trinajstić information content (AvgIpc) is 2.76. The minimum Gasteiger partial charge on any atom is -0.339 e. The van der Waals surface area contributed by atoms with Crippen molar-refractivity contribution in [3.8, 4) is 0 Å². The summed E-state index contributed by atoms with van der Waals surface area (Å²) in [4.78, 5) is 8.57. The molecule has 0 fully saturated rings. The van der Waals surface area contributed by atoms with Crippen LogP contribution in [0.5, 0.6) is 0 Å². The van der Waals surface area contributed by atoms with E-state index in [9.17, 15) is 0 Å². The number of benzene rings is 1. The summed E-state index contributed by atoms with van der Waals surface area (Å²) in [5.74, 6) is 0.813. The summed E-state index contributed by atoms with van der Waals surface area (Å²) in [6, 6.07) is 9.96. The van der Waals surface area contributed by atoms with E-state index < -0.39 is 0 Å². The van der Waals surface area contributed by atoms with Crippen LogP contribution in [0.3, 0.4) is 0 Å². The maximum absolute atomic E-state index is 4.30. The lowest BCUT2D eigenvalue weighted by Gasteiger charge is -2.08. The maximum atomic E-state index is 4.30. The highest BCUT2D eigenvalue weighted by molar-refractivity contribution is 9.10. The number of hydrogen-bond donors (Lipinski definition) is 1. The van der Waals surface area contributed by atoms with E-state index in [0.29, 0.717) is 0 Å². The molecule has 1 aromatic carbocycles. The van der Waals surface area contributed by atoms with Gasteiger partial charge in [-0.15, -0.1) is 0 Å². The summed E-state index contributed by atoms with van der Waals surface area (Å²) in [5, 5.41) is 4.33. The maximum Gasteiger partial charge on any atom is 0.145 e. The summed E-state index contributed by atoms with van der Waals surface area (Å²) >= 11 is 3.51. The predicted octanol–water partition coefficient (Wildman–Crippen LogP) is 3.47. The van der Waals surface area contributed by atoms with Gasteiger partial charge in [0.1, 0.15) is 17.8 Å². The van der Waals surface area contributed by atoms with Crippen molar-refractivity contribution in [3.05, 3.63) is 47.3 Å². The second-order valence-corrected chi connectivity index (χ2v) is 4.85. The van der Waals surface area contributed by atoms with E-state index in [1.54, 1.807) is 6.33 Å². The van der Waals surface area contributed by atoms with Crippen molar-refractivity contribution in [3.63, 3.8) is 0 Å². The molecule has 0 aliphatic carbocycles. The number of aryl methyl sites for hydroxylation is 1. The Morgan fingerprint density at radius 2 is 2.00 bits per heavy atom. The van der Waals surface area contributed by atoms with Gasteiger partial charge in [0.25, 0.3) is 0 Å². The van der Waals surface area contributed by atoms with Crippen molar-refractivity contribution >= 4 is 38.5 Å². The normalized spacial score (nSPS) is 10.8. The molecule has 0 aliphatic rings. The zero-order chi connectivity index (χ0) is 12.5. The fourth-order valence-corrected chi connectivity index (χ4v) is 2.25. The van der Waals surface area contributed by atoms with Crippen LogP contribution in [0.15, 0.2) is 47.3 Å². The van der Waals surface area contributed by atoms with Gasteiger partial charge in [-0.1, -0.05) is 12.1 Å². The Kier molecular flexibility index (Phi) is 2.76. The number of anilines is 2. The first kappa shape index (κ1) is 11.2. The lowest BCUT2D eigenvalue weighted by Crippen LogP contribution is -1.97. The number of hydrogen-bond acceptors (Lipinski definition) is 3. The van der Waals surface area contributed by atoms with Gasteiger partial charge in [-0.25, -0.2) is 9.97 Å². The Bertz CT molecular complexity index is 705. The molecule has 5 heteroatoms. The molecule has 0 unspecified atom stereocenters. The third-order valence-corrected chi connectivity index (χ3v) is 3.48. The minimum atomic E-state index is 0.813. The monoisotopic (exact) mass is 302 g/mol. The molecule has 4 nitrogen and oxygen atoms in total. The van der Waals surface area contributed by atoms with Gasteiger partial charge in [0.2, 0.25) is 0 Å². The van der Waals surface area contributed by atoms with Gasteiger partial charge in [-0.05, 0) is 34.1 Å². The molecule has 0 radical (unpaired) electrons. The lowest BCUT2D eigenvalue weighted by atomic mass is 10.3. The molecule has 90 valence electrons. The molecule has 0 bridgehead atoms. The number of aromatic nitrogens is 3. The zero-order valence-corrected chi connectivity index (χ0v) is 11.3. The molecule has 3 aromatic rings. The fourth-order valence-electron chi connectivity index (χ4n) is 1.87. The van der Waals surface area contributed by atoms with Crippen LogP contribution in [0.4, 0.5) is 11.5 Å². The summed E-state index contributed by atoms with van der Waals surface area (Å²) in [6.45, 7) is 0. The molecule has 0 atom stereocenters. The zero-order valence-electron chi connectivity index (χ0n) is 9.76. The van der Waals surface area contributed by atoms with Crippen LogP contribution >= 0.6 is 15.9 Å². The van der Waals surface area contributed by atoms with Gasteiger partial charge in [-0.2, -0.15) is 0 Å². The number of fused-ring (bicyclic) bond motifs is 1. The average molecular weight is 303 g/mol. The first-order valence-corrected chi connectivity index (χ1v) is 6.32. The number of rotatable bonds is 2. The van der Waals surface area contributed by atoms with Gasteiger partial charge in [0, 0.05) is 17.7 Å². The fraction of sp³-hybridized carbons (Fsp3) is 0.0769. The van der Waals surface area contributed by atoms with Crippen LogP contribution in [-0.4, -0.2) is 14.5 Å². The van der Waals surface area contributed by atoms with Gasteiger partial charge in [-0.3, -0.25) is 0 Å². The predicted molar refractivity (Wildman–Crippen MR) is 75.9 cm³/mol. The second kappa shape index (κ2) is 4.42. The number of halogens is 1. The third kappa shape index (κ3) is 1.86. The SMILES string of the molecule is Cn1ccc2c(Nc3ccccc3Br)ncnc21. The van der Waals surface area contributed by atoms with Crippen molar-refractivity contribution in [1.82, 2.24) is 14.5 Å². The number of nitrogens with zero attached hydrogens (tertiary/aromatic N) is 3. The highest BCUT2D eigenvalue weighted by Gasteiger charge is 2.07. The van der Waals surface area contributed by atoms with Gasteiger partial charge >= 0.3 is 0 Å². The van der Waals surface area contributed by atoms with Crippen LogP contribution in [0, 0.1) is 0 Å². The Hall–Kier alpha value is -1.88. The highest BCUT2D eigenvalue weighted by atomic mass is 79.9. The van der Waals surface area contributed by atoms with Gasteiger partial charge in [0.15, 0.2) is 0 Å².